The third-order valence-corrected chi connectivity index (χ3v) is 2.36. The van der Waals surface area contributed by atoms with Gasteiger partial charge in [0.25, 0.3) is 0 Å². The van der Waals surface area contributed by atoms with Crippen molar-refractivity contribution in [3.63, 3.8) is 0 Å². The Morgan fingerprint density at radius 2 is 2.27 bits per heavy atom. The lowest BCUT2D eigenvalue weighted by molar-refractivity contribution is 0.633. The standard InChI is InChI=1S/C8H12NOP/c1-7-3-2-4-8(6-5-7)11(9)10/h2,4-6,10H,3,9H2,1H3. The monoisotopic (exact) mass is 169 g/mol. The van der Waals surface area contributed by atoms with Crippen molar-refractivity contribution >= 4 is 8.30 Å². The summed E-state index contributed by atoms with van der Waals surface area (Å²) in [4.78, 5) is 9.08. The van der Waals surface area contributed by atoms with Crippen molar-refractivity contribution in [2.45, 2.75) is 13.3 Å². The minimum Gasteiger partial charge on any atom is -0.356 e. The number of rotatable bonds is 1. The van der Waals surface area contributed by atoms with Gasteiger partial charge in [0.2, 0.25) is 0 Å². The summed E-state index contributed by atoms with van der Waals surface area (Å²) in [5.74, 6) is 0. The van der Waals surface area contributed by atoms with Crippen molar-refractivity contribution < 1.29 is 4.89 Å². The summed E-state index contributed by atoms with van der Waals surface area (Å²) in [5.41, 5.74) is 6.64. The molecular weight excluding hydrogens is 157 g/mol. The van der Waals surface area contributed by atoms with E-state index < -0.39 is 8.30 Å². The van der Waals surface area contributed by atoms with Crippen LogP contribution in [0.5, 0.6) is 0 Å². The van der Waals surface area contributed by atoms with Crippen molar-refractivity contribution in [2.75, 3.05) is 0 Å². The van der Waals surface area contributed by atoms with E-state index in [0.717, 1.165) is 11.7 Å². The molecule has 0 radical (unpaired) electrons. The minimum absolute atomic E-state index is 0.830. The summed E-state index contributed by atoms with van der Waals surface area (Å²) in [7, 11) is -1.42. The fourth-order valence-corrected chi connectivity index (χ4v) is 1.35. The Hall–Kier alpha value is -0.430. The molecule has 0 amide bonds. The van der Waals surface area contributed by atoms with Gasteiger partial charge in [-0.1, -0.05) is 29.9 Å². The van der Waals surface area contributed by atoms with Gasteiger partial charge in [-0.05, 0) is 13.3 Å². The SMILES string of the molecule is CC1=CC=C(P(N)O)C=CC1. The highest BCUT2D eigenvalue weighted by Gasteiger charge is 2.02. The summed E-state index contributed by atoms with van der Waals surface area (Å²) in [5, 5.41) is 0.830. The first-order valence-electron chi connectivity index (χ1n) is 3.48. The molecule has 0 spiro atoms. The van der Waals surface area contributed by atoms with Gasteiger partial charge in [-0.25, -0.2) is 0 Å². The lowest BCUT2D eigenvalue weighted by Crippen LogP contribution is -1.86. The maximum Gasteiger partial charge on any atom is 0.129 e. The zero-order valence-electron chi connectivity index (χ0n) is 6.49. The second-order valence-electron chi connectivity index (χ2n) is 2.56. The van der Waals surface area contributed by atoms with Crippen LogP contribution in [-0.4, -0.2) is 4.89 Å². The second-order valence-corrected chi connectivity index (χ2v) is 3.76. The van der Waals surface area contributed by atoms with Crippen LogP contribution in [0.4, 0.5) is 0 Å². The quantitative estimate of drug-likeness (QED) is 0.590. The number of hydrogen-bond donors (Lipinski definition) is 2. The smallest absolute Gasteiger partial charge is 0.129 e. The summed E-state index contributed by atoms with van der Waals surface area (Å²) in [6.07, 6.45) is 8.73. The molecule has 3 heteroatoms. The van der Waals surface area contributed by atoms with Gasteiger partial charge in [-0.2, -0.15) is 0 Å². The number of nitrogens with two attached hydrogens (primary N) is 1. The molecule has 60 valence electrons. The first kappa shape index (κ1) is 8.66. The van der Waals surface area contributed by atoms with E-state index in [9.17, 15) is 0 Å². The molecule has 1 aliphatic carbocycles. The summed E-state index contributed by atoms with van der Waals surface area (Å²) in [6, 6.07) is 0. The maximum absolute atomic E-state index is 9.08. The fourth-order valence-electron chi connectivity index (χ4n) is 0.870. The summed E-state index contributed by atoms with van der Waals surface area (Å²) in [6.45, 7) is 2.06. The second kappa shape index (κ2) is 3.82. The lowest BCUT2D eigenvalue weighted by atomic mass is 10.2. The van der Waals surface area contributed by atoms with E-state index >= 15 is 0 Å². The van der Waals surface area contributed by atoms with Crippen LogP contribution in [0.3, 0.4) is 0 Å². The topological polar surface area (TPSA) is 46.2 Å². The molecule has 3 N–H and O–H groups in total. The fraction of sp³-hybridized carbons (Fsp3) is 0.250. The van der Waals surface area contributed by atoms with Crippen molar-refractivity contribution in [1.29, 1.82) is 0 Å². The van der Waals surface area contributed by atoms with E-state index in [1.807, 2.05) is 24.3 Å². The Labute approximate surface area is 68.0 Å². The van der Waals surface area contributed by atoms with Crippen LogP contribution in [0, 0.1) is 0 Å². The third kappa shape index (κ3) is 2.58. The first-order valence-corrected chi connectivity index (χ1v) is 4.84. The van der Waals surface area contributed by atoms with Gasteiger partial charge in [0.1, 0.15) is 8.30 Å². The Bertz CT molecular complexity index is 228. The van der Waals surface area contributed by atoms with Crippen LogP contribution in [-0.2, 0) is 0 Å². The number of allylic oxidation sites excluding steroid dienone is 6. The van der Waals surface area contributed by atoms with Gasteiger partial charge < -0.3 is 4.89 Å². The van der Waals surface area contributed by atoms with Crippen molar-refractivity contribution in [1.82, 2.24) is 0 Å². The third-order valence-electron chi connectivity index (χ3n) is 1.53. The zero-order chi connectivity index (χ0) is 8.27. The van der Waals surface area contributed by atoms with Crippen molar-refractivity contribution in [2.24, 2.45) is 5.50 Å². The van der Waals surface area contributed by atoms with Gasteiger partial charge in [-0.3, -0.25) is 5.50 Å². The molecule has 11 heavy (non-hydrogen) atoms. The molecule has 0 fully saturated rings. The van der Waals surface area contributed by atoms with Gasteiger partial charge in [0.15, 0.2) is 0 Å². The Balaban J connectivity index is 2.81. The Morgan fingerprint density at radius 1 is 1.55 bits per heavy atom. The van der Waals surface area contributed by atoms with Gasteiger partial charge in [0.05, 0.1) is 0 Å². The average Bonchev–Trinajstić information content (AvgIpc) is 2.13. The molecule has 0 aromatic rings. The lowest BCUT2D eigenvalue weighted by Gasteiger charge is -2.01. The molecule has 1 unspecified atom stereocenters. The van der Waals surface area contributed by atoms with Crippen LogP contribution in [0.1, 0.15) is 13.3 Å². The number of hydrogen-bond acceptors (Lipinski definition) is 2. The van der Waals surface area contributed by atoms with E-state index in [1.54, 1.807) is 0 Å². The van der Waals surface area contributed by atoms with E-state index in [1.165, 1.54) is 5.57 Å². The summed E-state index contributed by atoms with van der Waals surface area (Å²) < 4.78 is 0. The normalized spacial score (nSPS) is 20.3. The largest absolute Gasteiger partial charge is 0.356 e. The summed E-state index contributed by atoms with van der Waals surface area (Å²) >= 11 is 0. The van der Waals surface area contributed by atoms with E-state index in [-0.39, 0.29) is 0 Å². The molecule has 0 aromatic carbocycles. The highest BCUT2D eigenvalue weighted by Crippen LogP contribution is 2.33. The van der Waals surface area contributed by atoms with Crippen molar-refractivity contribution in [3.05, 3.63) is 35.2 Å². The molecule has 0 aliphatic heterocycles. The van der Waals surface area contributed by atoms with E-state index in [2.05, 4.69) is 6.92 Å². The molecule has 1 rings (SSSR count). The minimum atomic E-state index is -1.42. The Morgan fingerprint density at radius 3 is 2.91 bits per heavy atom. The van der Waals surface area contributed by atoms with Crippen LogP contribution in [0.2, 0.25) is 0 Å². The van der Waals surface area contributed by atoms with Gasteiger partial charge >= 0.3 is 0 Å². The first-order chi connectivity index (χ1) is 5.20. The van der Waals surface area contributed by atoms with Gasteiger partial charge in [-0.15, -0.1) is 0 Å². The van der Waals surface area contributed by atoms with Crippen LogP contribution in [0.15, 0.2) is 35.2 Å². The highest BCUT2D eigenvalue weighted by atomic mass is 31.2. The maximum atomic E-state index is 9.08. The Kier molecular flexibility index (Phi) is 3.01. The molecule has 0 heterocycles. The molecule has 1 aliphatic rings. The van der Waals surface area contributed by atoms with E-state index in [0.29, 0.717) is 0 Å². The molecule has 2 nitrogen and oxygen atoms in total. The van der Waals surface area contributed by atoms with Crippen molar-refractivity contribution in [3.8, 4) is 0 Å². The van der Waals surface area contributed by atoms with Crippen LogP contribution in [0.25, 0.3) is 0 Å². The molecule has 0 saturated heterocycles. The van der Waals surface area contributed by atoms with Crippen LogP contribution < -0.4 is 5.50 Å². The van der Waals surface area contributed by atoms with Crippen LogP contribution >= 0.6 is 8.30 Å². The average molecular weight is 169 g/mol. The predicted molar refractivity (Wildman–Crippen MR) is 48.9 cm³/mol. The zero-order valence-corrected chi connectivity index (χ0v) is 7.38. The molecular formula is C8H12NOP. The molecule has 0 saturated carbocycles. The molecule has 0 bridgehead atoms. The molecule has 1 atom stereocenters. The molecule has 0 aromatic heterocycles. The predicted octanol–water partition coefficient (Wildman–Crippen LogP) is 2.04. The van der Waals surface area contributed by atoms with Gasteiger partial charge in [0, 0.05) is 5.31 Å². The van der Waals surface area contributed by atoms with E-state index in [4.69, 9.17) is 10.4 Å². The highest BCUT2D eigenvalue weighted by molar-refractivity contribution is 7.53.